The Labute approximate surface area is 241 Å². The number of thiocarbonyl (C=S) groups is 1. The molecule has 1 fully saturated rings. The molecule has 2 aromatic carbocycles. The highest BCUT2D eigenvalue weighted by atomic mass is 32.2. The maximum absolute atomic E-state index is 13.1. The standard InChI is InChI=1S/C27H23F3N4O5S2/c1-15-8-16(10-19(9-15)27(28,29)30)13-38-25(37)31-24-20-11-18(2-3-21(20)39-32-24)17-4-6-33(7-5-17)22(35)12-34-23(36)14-41-26(34)40/h2-4,8-11H,5-7,12-14H2,1H3,(H,31,32,37). The lowest BCUT2D eigenvalue weighted by atomic mass is 9.98. The first-order valence-corrected chi connectivity index (χ1v) is 13.8. The van der Waals surface area contributed by atoms with Gasteiger partial charge in [0.2, 0.25) is 11.8 Å². The molecular formula is C27H23F3N4O5S2. The molecule has 9 nitrogen and oxygen atoms in total. The Morgan fingerprint density at radius 3 is 2.71 bits per heavy atom. The number of aryl methyl sites for hydroxylation is 1. The van der Waals surface area contributed by atoms with Crippen molar-refractivity contribution in [3.63, 3.8) is 0 Å². The van der Waals surface area contributed by atoms with Crippen LogP contribution in [0.1, 0.15) is 28.7 Å². The molecule has 1 N–H and O–H groups in total. The summed E-state index contributed by atoms with van der Waals surface area (Å²) in [6.45, 7) is 1.92. The van der Waals surface area contributed by atoms with Crippen molar-refractivity contribution in [1.29, 1.82) is 0 Å². The summed E-state index contributed by atoms with van der Waals surface area (Å²) < 4.78 is 50.1. The van der Waals surface area contributed by atoms with Crippen molar-refractivity contribution in [3.8, 4) is 0 Å². The van der Waals surface area contributed by atoms with Crippen molar-refractivity contribution in [2.45, 2.75) is 26.1 Å². The van der Waals surface area contributed by atoms with E-state index >= 15 is 0 Å². The SMILES string of the molecule is Cc1cc(COC(=O)Nc2noc3ccc(C4=CCN(C(=O)CN5C(=O)CSC5=S)CC4)cc23)cc(C(F)(F)F)c1. The Kier molecular flexibility index (Phi) is 8.04. The van der Waals surface area contributed by atoms with E-state index in [1.54, 1.807) is 17.0 Å². The lowest BCUT2D eigenvalue weighted by Crippen LogP contribution is -2.43. The molecular weight excluding hydrogens is 581 g/mol. The number of rotatable bonds is 6. The van der Waals surface area contributed by atoms with Gasteiger partial charge in [0.15, 0.2) is 11.4 Å². The van der Waals surface area contributed by atoms with Crippen LogP contribution in [0.15, 0.2) is 47.0 Å². The number of fused-ring (bicyclic) bond motifs is 1. The average molecular weight is 605 g/mol. The first-order valence-electron chi connectivity index (χ1n) is 12.4. The molecule has 5 rings (SSSR count). The van der Waals surface area contributed by atoms with E-state index in [1.807, 2.05) is 12.1 Å². The highest BCUT2D eigenvalue weighted by Gasteiger charge is 2.32. The van der Waals surface area contributed by atoms with Gasteiger partial charge in [-0.2, -0.15) is 13.2 Å². The van der Waals surface area contributed by atoms with Gasteiger partial charge < -0.3 is 14.2 Å². The second-order valence-electron chi connectivity index (χ2n) is 9.50. The third-order valence-corrected chi connectivity index (χ3v) is 8.02. The summed E-state index contributed by atoms with van der Waals surface area (Å²) in [6, 6.07) is 8.80. The second kappa shape index (κ2) is 11.5. The number of benzene rings is 2. The topological polar surface area (TPSA) is 105 Å². The Morgan fingerprint density at radius 1 is 1.22 bits per heavy atom. The van der Waals surface area contributed by atoms with E-state index < -0.39 is 17.8 Å². The first-order chi connectivity index (χ1) is 19.5. The maximum Gasteiger partial charge on any atom is 0.416 e. The number of nitrogens with zero attached hydrogens (tertiary/aromatic N) is 3. The predicted molar refractivity (Wildman–Crippen MR) is 150 cm³/mol. The smallest absolute Gasteiger partial charge is 0.416 e. The van der Waals surface area contributed by atoms with Crippen molar-refractivity contribution in [1.82, 2.24) is 15.0 Å². The van der Waals surface area contributed by atoms with Gasteiger partial charge in [0.25, 0.3) is 0 Å². The molecule has 0 saturated carbocycles. The third-order valence-electron chi connectivity index (χ3n) is 6.59. The molecule has 0 spiro atoms. The summed E-state index contributed by atoms with van der Waals surface area (Å²) in [5.74, 6) is 0.0105. The summed E-state index contributed by atoms with van der Waals surface area (Å²) in [4.78, 5) is 40.1. The fourth-order valence-corrected chi connectivity index (χ4v) is 5.61. The molecule has 3 heterocycles. The van der Waals surface area contributed by atoms with E-state index in [9.17, 15) is 27.6 Å². The fourth-order valence-electron chi connectivity index (χ4n) is 4.55. The van der Waals surface area contributed by atoms with Crippen molar-refractivity contribution in [2.24, 2.45) is 0 Å². The number of hydrogen-bond donors (Lipinski definition) is 1. The Morgan fingerprint density at radius 2 is 2.02 bits per heavy atom. The molecule has 1 aromatic heterocycles. The number of aromatic nitrogens is 1. The molecule has 1 saturated heterocycles. The monoisotopic (exact) mass is 604 g/mol. The lowest BCUT2D eigenvalue weighted by Gasteiger charge is -2.28. The van der Waals surface area contributed by atoms with E-state index in [2.05, 4.69) is 10.5 Å². The van der Waals surface area contributed by atoms with Crippen LogP contribution in [0.2, 0.25) is 0 Å². The number of carbonyl (C=O) groups excluding carboxylic acids is 3. The van der Waals surface area contributed by atoms with E-state index in [0.717, 1.165) is 23.3 Å². The molecule has 0 atom stereocenters. The molecule has 0 unspecified atom stereocenters. The Balaban J connectivity index is 1.22. The molecule has 3 amide bonds. The number of anilines is 1. The average Bonchev–Trinajstić information content (AvgIpc) is 3.48. The highest BCUT2D eigenvalue weighted by Crippen LogP contribution is 2.32. The van der Waals surface area contributed by atoms with Crippen LogP contribution in [0.5, 0.6) is 0 Å². The number of halogens is 3. The van der Waals surface area contributed by atoms with Crippen LogP contribution < -0.4 is 5.32 Å². The molecule has 0 radical (unpaired) electrons. The number of thioether (sulfide) groups is 1. The van der Waals surface area contributed by atoms with E-state index in [1.165, 1.54) is 29.7 Å². The molecule has 0 bridgehead atoms. The molecule has 214 valence electrons. The van der Waals surface area contributed by atoms with Gasteiger partial charge in [0.05, 0.1) is 16.7 Å². The minimum Gasteiger partial charge on any atom is -0.444 e. The highest BCUT2D eigenvalue weighted by molar-refractivity contribution is 8.23. The van der Waals surface area contributed by atoms with Gasteiger partial charge in [-0.15, -0.1) is 0 Å². The quantitative estimate of drug-likeness (QED) is 0.374. The van der Waals surface area contributed by atoms with Gasteiger partial charge in [-0.25, -0.2) is 4.79 Å². The van der Waals surface area contributed by atoms with E-state index in [0.29, 0.717) is 40.4 Å². The van der Waals surface area contributed by atoms with Crippen LogP contribution in [0, 0.1) is 6.92 Å². The van der Waals surface area contributed by atoms with E-state index in [4.69, 9.17) is 21.5 Å². The zero-order chi connectivity index (χ0) is 29.3. The number of amides is 3. The summed E-state index contributed by atoms with van der Waals surface area (Å²) in [7, 11) is 0. The molecule has 0 aliphatic carbocycles. The Bertz CT molecular complexity index is 1570. The third kappa shape index (κ3) is 6.54. The number of alkyl halides is 3. The van der Waals surface area contributed by atoms with Crippen LogP contribution in [0.25, 0.3) is 16.5 Å². The zero-order valence-corrected chi connectivity index (χ0v) is 23.3. The van der Waals surface area contributed by atoms with Gasteiger partial charge in [0, 0.05) is 13.1 Å². The fraction of sp³-hybridized carbons (Fsp3) is 0.296. The summed E-state index contributed by atoms with van der Waals surface area (Å²) in [6.07, 6.45) is -2.92. The van der Waals surface area contributed by atoms with Gasteiger partial charge in [0.1, 0.15) is 17.5 Å². The summed E-state index contributed by atoms with van der Waals surface area (Å²) in [5, 5.41) is 6.87. The van der Waals surface area contributed by atoms with E-state index in [-0.39, 0.29) is 42.1 Å². The zero-order valence-electron chi connectivity index (χ0n) is 21.6. The van der Waals surface area contributed by atoms with Crippen LogP contribution >= 0.6 is 24.0 Å². The number of ether oxygens (including phenoxy) is 1. The van der Waals surface area contributed by atoms with Crippen molar-refractivity contribution in [3.05, 3.63) is 64.7 Å². The predicted octanol–water partition coefficient (Wildman–Crippen LogP) is 5.38. The van der Waals surface area contributed by atoms with Crippen molar-refractivity contribution in [2.75, 3.05) is 30.7 Å². The maximum atomic E-state index is 13.1. The van der Waals surface area contributed by atoms with Crippen LogP contribution in [0.3, 0.4) is 0 Å². The molecule has 2 aliphatic rings. The van der Waals surface area contributed by atoms with Crippen LogP contribution in [-0.4, -0.2) is 62.6 Å². The van der Waals surface area contributed by atoms with Crippen LogP contribution in [0.4, 0.5) is 23.8 Å². The lowest BCUT2D eigenvalue weighted by molar-refractivity contribution is -0.137. The molecule has 2 aliphatic heterocycles. The molecule has 14 heteroatoms. The summed E-state index contributed by atoms with van der Waals surface area (Å²) >= 11 is 6.40. The first kappa shape index (κ1) is 28.6. The number of nitrogens with one attached hydrogen (secondary N) is 1. The summed E-state index contributed by atoms with van der Waals surface area (Å²) in [5.41, 5.74) is 2.01. The van der Waals surface area contributed by atoms with Gasteiger partial charge >= 0.3 is 12.3 Å². The largest absolute Gasteiger partial charge is 0.444 e. The Hall–Kier alpha value is -3.91. The van der Waals surface area contributed by atoms with Gasteiger partial charge in [-0.05, 0) is 54.3 Å². The normalized spacial score (nSPS) is 15.9. The van der Waals surface area contributed by atoms with Crippen molar-refractivity contribution >= 4 is 68.6 Å². The minimum absolute atomic E-state index is 0.0704. The van der Waals surface area contributed by atoms with Crippen molar-refractivity contribution < 1.29 is 36.8 Å². The molecule has 41 heavy (non-hydrogen) atoms. The number of hydrogen-bond acceptors (Lipinski definition) is 8. The minimum atomic E-state index is -4.51. The van der Waals surface area contributed by atoms with Gasteiger partial charge in [-0.3, -0.25) is 19.8 Å². The van der Waals surface area contributed by atoms with Gasteiger partial charge in [-0.1, -0.05) is 52.9 Å². The second-order valence-corrected chi connectivity index (χ2v) is 11.1. The molecule has 3 aromatic rings. The van der Waals surface area contributed by atoms with Crippen LogP contribution in [-0.2, 0) is 27.1 Å². The number of carbonyl (C=O) groups is 3.